The van der Waals surface area contributed by atoms with Gasteiger partial charge in [0.05, 0.1) is 12.2 Å². The molecule has 1 aliphatic rings. The molecule has 5 atom stereocenters. The Kier molecular flexibility index (Phi) is 7.96. The Morgan fingerprint density at radius 1 is 1.12 bits per heavy atom. The van der Waals surface area contributed by atoms with Crippen LogP contribution in [-0.2, 0) is 28.1 Å². The van der Waals surface area contributed by atoms with Crippen molar-refractivity contribution in [3.8, 4) is 6.07 Å². The van der Waals surface area contributed by atoms with E-state index in [0.717, 1.165) is 12.0 Å². The smallest absolute Gasteiger partial charge is 0.224 e. The molecule has 8 heteroatoms. The molecule has 32 heavy (non-hydrogen) atoms. The van der Waals surface area contributed by atoms with Crippen molar-refractivity contribution in [2.24, 2.45) is 0 Å². The highest BCUT2D eigenvalue weighted by atomic mass is 32.2. The van der Waals surface area contributed by atoms with Gasteiger partial charge in [0.25, 0.3) is 0 Å². The largest absolute Gasteiger partial charge is 0.394 e. The molecule has 0 spiro atoms. The van der Waals surface area contributed by atoms with Crippen LogP contribution in [-0.4, -0.2) is 64.8 Å². The van der Waals surface area contributed by atoms with Crippen LogP contribution in [0.25, 0.3) is 0 Å². The van der Waals surface area contributed by atoms with E-state index in [-0.39, 0.29) is 0 Å². The molecule has 0 unspecified atom stereocenters. The van der Waals surface area contributed by atoms with Crippen LogP contribution in [0.15, 0.2) is 41.3 Å². The van der Waals surface area contributed by atoms with E-state index in [0.29, 0.717) is 28.0 Å². The van der Waals surface area contributed by atoms with Gasteiger partial charge in [0.2, 0.25) is 5.79 Å². The summed E-state index contributed by atoms with van der Waals surface area (Å²) in [5.41, 5.74) is 3.85. The zero-order chi connectivity index (χ0) is 23.5. The first-order valence-electron chi connectivity index (χ1n) is 10.4. The molecule has 0 saturated carbocycles. The molecule has 1 heterocycles. The highest BCUT2D eigenvalue weighted by Crippen LogP contribution is 2.41. The number of nitriles is 1. The molecule has 3 rings (SSSR count). The second-order valence-corrected chi connectivity index (χ2v) is 8.66. The van der Waals surface area contributed by atoms with Crippen molar-refractivity contribution in [2.45, 2.75) is 54.9 Å². The van der Waals surface area contributed by atoms with Crippen LogP contribution in [0.5, 0.6) is 0 Å². The van der Waals surface area contributed by atoms with Crippen molar-refractivity contribution >= 4 is 11.8 Å². The summed E-state index contributed by atoms with van der Waals surface area (Å²) < 4.78 is 11.4. The molecule has 0 radical (unpaired) electrons. The maximum Gasteiger partial charge on any atom is 0.224 e. The topological polar surface area (TPSA) is 123 Å². The van der Waals surface area contributed by atoms with Crippen molar-refractivity contribution < 1.29 is 29.9 Å². The minimum atomic E-state index is -1.83. The maximum absolute atomic E-state index is 10.8. The number of methoxy groups -OCH3 is 1. The molecule has 0 bridgehead atoms. The van der Waals surface area contributed by atoms with E-state index in [1.165, 1.54) is 24.4 Å². The lowest BCUT2D eigenvalue weighted by Gasteiger charge is -2.47. The third-order valence-corrected chi connectivity index (χ3v) is 6.76. The number of aryl methyl sites for hydroxylation is 1. The monoisotopic (exact) mass is 459 g/mol. The molecule has 2 aromatic carbocycles. The average molecular weight is 460 g/mol. The van der Waals surface area contributed by atoms with Crippen LogP contribution in [0.1, 0.15) is 34.7 Å². The van der Waals surface area contributed by atoms with Gasteiger partial charge in [-0.15, -0.1) is 11.8 Å². The highest BCUT2D eigenvalue weighted by molar-refractivity contribution is 7.98. The normalized spacial score (nSPS) is 27.8. The van der Waals surface area contributed by atoms with E-state index in [1.54, 1.807) is 12.1 Å². The van der Waals surface area contributed by atoms with Gasteiger partial charge in [-0.3, -0.25) is 0 Å². The number of aliphatic hydroxyl groups is 4. The van der Waals surface area contributed by atoms with Crippen molar-refractivity contribution in [3.63, 3.8) is 0 Å². The number of hydrogen-bond donors (Lipinski definition) is 4. The Labute approximate surface area is 192 Å². The minimum absolute atomic E-state index is 0.389. The second kappa shape index (κ2) is 10.3. The fraction of sp³-hybridized carbons (Fsp3) is 0.458. The van der Waals surface area contributed by atoms with Crippen LogP contribution in [0, 0.1) is 11.3 Å². The number of aliphatic hydroxyl groups excluding tert-OH is 4. The van der Waals surface area contributed by atoms with Crippen LogP contribution < -0.4 is 0 Å². The third kappa shape index (κ3) is 4.43. The second-order valence-electron chi connectivity index (χ2n) is 7.81. The minimum Gasteiger partial charge on any atom is -0.394 e. The molecule has 4 N–H and O–H groups in total. The fourth-order valence-electron chi connectivity index (χ4n) is 4.08. The van der Waals surface area contributed by atoms with Crippen molar-refractivity contribution in [1.29, 1.82) is 5.26 Å². The molecule has 1 saturated heterocycles. The third-order valence-electron chi connectivity index (χ3n) is 6.00. The highest BCUT2D eigenvalue weighted by Gasteiger charge is 2.55. The standard InChI is InChI=1S/C24H29NO6S/c1-4-14-5-7-15(8-6-14)9-16-10-17(11-20(32-3)18(16)12-25)24(30-2)23(29)22(28)21(27)19(13-26)31-24/h5-8,10-11,19,21-23,26-29H,4,9,13H2,1-3H3/t19-,21-,22+,23-,24+/m1/s1. The SMILES string of the molecule is CCc1ccc(Cc2cc([C@]3(OC)O[C@H](CO)[C@@H](O)[C@H](O)[C@H]3O)cc(SC)c2C#N)cc1. The van der Waals surface area contributed by atoms with Crippen LogP contribution in [0.3, 0.4) is 0 Å². The Morgan fingerprint density at radius 3 is 2.31 bits per heavy atom. The average Bonchev–Trinajstić information content (AvgIpc) is 2.83. The number of nitrogens with zero attached hydrogens (tertiary/aromatic N) is 1. The molecule has 0 aromatic heterocycles. The van der Waals surface area contributed by atoms with Crippen molar-refractivity contribution in [2.75, 3.05) is 20.0 Å². The van der Waals surface area contributed by atoms with Gasteiger partial charge in [0.1, 0.15) is 30.5 Å². The predicted molar refractivity (Wildman–Crippen MR) is 120 cm³/mol. The summed E-state index contributed by atoms with van der Waals surface area (Å²) in [6.45, 7) is 1.51. The van der Waals surface area contributed by atoms with Gasteiger partial charge in [-0.05, 0) is 47.9 Å². The number of rotatable bonds is 7. The molecule has 172 valence electrons. The van der Waals surface area contributed by atoms with Crippen molar-refractivity contribution in [1.82, 2.24) is 0 Å². The molecule has 1 fully saturated rings. The summed E-state index contributed by atoms with van der Waals surface area (Å²) in [5.74, 6) is -1.83. The lowest BCUT2D eigenvalue weighted by atomic mass is 9.86. The number of thioether (sulfide) groups is 1. The Hall–Kier alpha value is -1.96. The fourth-order valence-corrected chi connectivity index (χ4v) is 4.71. The summed E-state index contributed by atoms with van der Waals surface area (Å²) in [4.78, 5) is 0.665. The lowest BCUT2D eigenvalue weighted by molar-refractivity contribution is -0.366. The van der Waals surface area contributed by atoms with Gasteiger partial charge in [-0.2, -0.15) is 5.26 Å². The summed E-state index contributed by atoms with van der Waals surface area (Å²) >= 11 is 1.37. The number of ether oxygens (including phenoxy) is 2. The van der Waals surface area contributed by atoms with E-state index >= 15 is 0 Å². The molecule has 0 aliphatic carbocycles. The van der Waals surface area contributed by atoms with Gasteiger partial charge in [0.15, 0.2) is 0 Å². The van der Waals surface area contributed by atoms with E-state index in [9.17, 15) is 25.7 Å². The van der Waals surface area contributed by atoms with Crippen LogP contribution in [0.2, 0.25) is 0 Å². The van der Waals surface area contributed by atoms with E-state index in [2.05, 4.69) is 25.1 Å². The quantitative estimate of drug-likeness (QED) is 0.462. The van der Waals surface area contributed by atoms with E-state index in [1.807, 2.05) is 18.4 Å². The Balaban J connectivity index is 2.13. The van der Waals surface area contributed by atoms with Gasteiger partial charge in [-0.1, -0.05) is 31.2 Å². The van der Waals surface area contributed by atoms with Crippen LogP contribution in [0.4, 0.5) is 0 Å². The van der Waals surface area contributed by atoms with Gasteiger partial charge in [-0.25, -0.2) is 0 Å². The van der Waals surface area contributed by atoms with Crippen molar-refractivity contribution in [3.05, 3.63) is 64.2 Å². The molecule has 1 aliphatic heterocycles. The molecular weight excluding hydrogens is 430 g/mol. The lowest BCUT2D eigenvalue weighted by Crippen LogP contribution is -2.64. The Bertz CT molecular complexity index is 974. The number of hydrogen-bond acceptors (Lipinski definition) is 8. The molecular formula is C24H29NO6S. The number of benzene rings is 2. The predicted octanol–water partition coefficient (Wildman–Crippen LogP) is 1.71. The summed E-state index contributed by atoms with van der Waals surface area (Å²) in [7, 11) is 1.32. The zero-order valence-corrected chi connectivity index (χ0v) is 19.2. The van der Waals surface area contributed by atoms with E-state index in [4.69, 9.17) is 9.47 Å². The summed E-state index contributed by atoms with van der Waals surface area (Å²) in [6.07, 6.45) is -2.61. The first-order chi connectivity index (χ1) is 15.3. The zero-order valence-electron chi connectivity index (χ0n) is 18.4. The van der Waals surface area contributed by atoms with E-state index < -0.39 is 36.8 Å². The maximum atomic E-state index is 10.8. The first kappa shape index (κ1) is 24.7. The Morgan fingerprint density at radius 2 is 1.78 bits per heavy atom. The van der Waals surface area contributed by atoms with Gasteiger partial charge < -0.3 is 29.9 Å². The van der Waals surface area contributed by atoms with Gasteiger partial charge in [0, 0.05) is 17.6 Å². The first-order valence-corrected chi connectivity index (χ1v) is 11.6. The molecule has 2 aromatic rings. The molecule has 7 nitrogen and oxygen atoms in total. The summed E-state index contributed by atoms with van der Waals surface area (Å²) in [6, 6.07) is 13.8. The summed E-state index contributed by atoms with van der Waals surface area (Å²) in [5, 5.41) is 50.9. The molecule has 0 amide bonds. The van der Waals surface area contributed by atoms with Crippen LogP contribution >= 0.6 is 11.8 Å². The van der Waals surface area contributed by atoms with Gasteiger partial charge >= 0.3 is 0 Å².